The molecule has 4 aromatic rings. The van der Waals surface area contributed by atoms with Crippen molar-refractivity contribution < 1.29 is 4.79 Å². The second-order valence-corrected chi connectivity index (χ2v) is 7.04. The molecule has 0 aliphatic carbocycles. The van der Waals surface area contributed by atoms with Gasteiger partial charge in [0.25, 0.3) is 0 Å². The number of urea groups is 1. The molecular formula is C20H18N6OS. The molecule has 0 bridgehead atoms. The van der Waals surface area contributed by atoms with Crippen LogP contribution in [0.25, 0.3) is 10.4 Å². The van der Waals surface area contributed by atoms with Crippen LogP contribution in [0.4, 0.5) is 21.3 Å². The first-order chi connectivity index (χ1) is 13.8. The second kappa shape index (κ2) is 8.36. The fourth-order valence-electron chi connectivity index (χ4n) is 2.56. The van der Waals surface area contributed by atoms with Gasteiger partial charge in [0.15, 0.2) is 5.13 Å². The molecule has 0 atom stereocenters. The number of rotatable bonds is 6. The van der Waals surface area contributed by atoms with Crippen LogP contribution in [0.2, 0.25) is 0 Å². The minimum atomic E-state index is -0.269. The standard InChI is InChI=1S/C20H18N6OS/c27-19(21-10-14-11-23-24-12-14)25-16-6-8-17(9-7-16)26-20-22-13-18(28-20)15-4-2-1-3-5-15/h1-9,11-13H,10H2,(H,22,26)(H,23,24)(H2,21,25,27). The zero-order valence-corrected chi connectivity index (χ0v) is 15.7. The highest BCUT2D eigenvalue weighted by Crippen LogP contribution is 2.30. The van der Waals surface area contributed by atoms with E-state index in [1.165, 1.54) is 0 Å². The highest BCUT2D eigenvalue weighted by molar-refractivity contribution is 7.18. The SMILES string of the molecule is O=C(NCc1cn[nH]c1)Nc1ccc(Nc2ncc(-c3ccccc3)s2)cc1. The van der Waals surface area contributed by atoms with Crippen LogP contribution >= 0.6 is 11.3 Å². The summed E-state index contributed by atoms with van der Waals surface area (Å²) in [5, 5.41) is 16.2. The summed E-state index contributed by atoms with van der Waals surface area (Å²) in [4.78, 5) is 17.5. The smallest absolute Gasteiger partial charge is 0.319 e. The number of hydrogen-bond acceptors (Lipinski definition) is 5. The van der Waals surface area contributed by atoms with Crippen molar-refractivity contribution in [3.05, 3.63) is 78.8 Å². The van der Waals surface area contributed by atoms with Gasteiger partial charge in [-0.1, -0.05) is 41.7 Å². The minimum Gasteiger partial charge on any atom is -0.334 e. The van der Waals surface area contributed by atoms with E-state index in [0.717, 1.165) is 26.8 Å². The van der Waals surface area contributed by atoms with Crippen molar-refractivity contribution in [2.75, 3.05) is 10.6 Å². The summed E-state index contributed by atoms with van der Waals surface area (Å²) in [6.45, 7) is 0.412. The first kappa shape index (κ1) is 17.7. The average Bonchev–Trinajstić information content (AvgIpc) is 3.41. The molecule has 0 radical (unpaired) electrons. The quantitative estimate of drug-likeness (QED) is 0.387. The van der Waals surface area contributed by atoms with Crippen LogP contribution in [0.15, 0.2) is 73.2 Å². The zero-order chi connectivity index (χ0) is 19.2. The number of H-pyrrole nitrogens is 1. The summed E-state index contributed by atoms with van der Waals surface area (Å²) in [5.41, 5.74) is 3.67. The van der Waals surface area contributed by atoms with Gasteiger partial charge in [0.1, 0.15) is 0 Å². The average molecular weight is 390 g/mol. The third kappa shape index (κ3) is 4.54. The molecule has 8 heteroatoms. The lowest BCUT2D eigenvalue weighted by molar-refractivity contribution is 0.251. The van der Waals surface area contributed by atoms with E-state index in [-0.39, 0.29) is 6.03 Å². The third-order valence-corrected chi connectivity index (χ3v) is 4.93. The van der Waals surface area contributed by atoms with Gasteiger partial charge in [0.2, 0.25) is 0 Å². The number of thiazole rings is 1. The number of amides is 2. The molecular weight excluding hydrogens is 372 g/mol. The lowest BCUT2D eigenvalue weighted by Crippen LogP contribution is -2.27. The third-order valence-electron chi connectivity index (χ3n) is 3.97. The second-order valence-electron chi connectivity index (χ2n) is 6.01. The van der Waals surface area contributed by atoms with Crippen molar-refractivity contribution in [1.29, 1.82) is 0 Å². The molecule has 28 heavy (non-hydrogen) atoms. The minimum absolute atomic E-state index is 0.269. The van der Waals surface area contributed by atoms with Crippen molar-refractivity contribution in [3.8, 4) is 10.4 Å². The predicted molar refractivity (Wildman–Crippen MR) is 112 cm³/mol. The van der Waals surface area contributed by atoms with E-state index in [2.05, 4.69) is 43.3 Å². The van der Waals surface area contributed by atoms with Crippen LogP contribution in [-0.4, -0.2) is 21.2 Å². The molecule has 7 nitrogen and oxygen atoms in total. The van der Waals surface area contributed by atoms with E-state index < -0.39 is 0 Å². The molecule has 4 N–H and O–H groups in total. The van der Waals surface area contributed by atoms with Crippen molar-refractivity contribution in [3.63, 3.8) is 0 Å². The van der Waals surface area contributed by atoms with Crippen molar-refractivity contribution in [2.45, 2.75) is 6.54 Å². The number of nitrogens with zero attached hydrogens (tertiary/aromatic N) is 2. The fourth-order valence-corrected chi connectivity index (χ4v) is 3.40. The Labute approximate surface area is 165 Å². The largest absolute Gasteiger partial charge is 0.334 e. The Morgan fingerprint density at radius 2 is 1.79 bits per heavy atom. The number of carbonyl (C=O) groups excluding carboxylic acids is 1. The fraction of sp³-hybridized carbons (Fsp3) is 0.0500. The van der Waals surface area contributed by atoms with Gasteiger partial charge in [0.05, 0.1) is 11.1 Å². The Morgan fingerprint density at radius 3 is 2.54 bits per heavy atom. The van der Waals surface area contributed by atoms with E-state index in [1.54, 1.807) is 23.7 Å². The first-order valence-electron chi connectivity index (χ1n) is 8.67. The van der Waals surface area contributed by atoms with Crippen molar-refractivity contribution in [1.82, 2.24) is 20.5 Å². The van der Waals surface area contributed by atoms with Gasteiger partial charge in [-0.25, -0.2) is 9.78 Å². The monoisotopic (exact) mass is 390 g/mol. The molecule has 2 aromatic carbocycles. The first-order valence-corrected chi connectivity index (χ1v) is 9.49. The molecule has 140 valence electrons. The molecule has 2 amide bonds. The highest BCUT2D eigenvalue weighted by Gasteiger charge is 2.06. The summed E-state index contributed by atoms with van der Waals surface area (Å²) < 4.78 is 0. The van der Waals surface area contributed by atoms with Crippen LogP contribution in [0.5, 0.6) is 0 Å². The molecule has 0 saturated carbocycles. The van der Waals surface area contributed by atoms with Gasteiger partial charge in [0, 0.05) is 35.9 Å². The van der Waals surface area contributed by atoms with Crippen molar-refractivity contribution >= 4 is 33.9 Å². The summed E-state index contributed by atoms with van der Waals surface area (Å²) in [7, 11) is 0. The Hall–Kier alpha value is -3.65. The normalized spacial score (nSPS) is 10.4. The lowest BCUT2D eigenvalue weighted by Gasteiger charge is -2.08. The summed E-state index contributed by atoms with van der Waals surface area (Å²) >= 11 is 1.59. The Balaban J connectivity index is 1.32. The van der Waals surface area contributed by atoms with Crippen LogP contribution < -0.4 is 16.0 Å². The van der Waals surface area contributed by atoms with Gasteiger partial charge in [-0.2, -0.15) is 5.10 Å². The Kier molecular flexibility index (Phi) is 5.30. The summed E-state index contributed by atoms with van der Waals surface area (Å²) in [6, 6.07) is 17.4. The molecule has 0 unspecified atom stereocenters. The maximum atomic E-state index is 11.9. The van der Waals surface area contributed by atoms with Gasteiger partial charge >= 0.3 is 6.03 Å². The molecule has 0 aliphatic rings. The molecule has 2 aromatic heterocycles. The van der Waals surface area contributed by atoms with Crippen molar-refractivity contribution in [2.24, 2.45) is 0 Å². The molecule has 2 heterocycles. The summed E-state index contributed by atoms with van der Waals surface area (Å²) in [6.07, 6.45) is 5.27. The van der Waals surface area contributed by atoms with Crippen LogP contribution in [0.1, 0.15) is 5.56 Å². The van der Waals surface area contributed by atoms with E-state index in [4.69, 9.17) is 0 Å². The molecule has 0 spiro atoms. The molecule has 0 saturated heterocycles. The topological polar surface area (TPSA) is 94.7 Å². The Morgan fingerprint density at radius 1 is 1.00 bits per heavy atom. The molecule has 4 rings (SSSR count). The number of anilines is 3. The van der Waals surface area contributed by atoms with Gasteiger partial charge in [-0.3, -0.25) is 5.10 Å². The number of benzene rings is 2. The number of aromatic nitrogens is 3. The number of hydrogen-bond donors (Lipinski definition) is 4. The van der Waals surface area contributed by atoms with Crippen LogP contribution in [-0.2, 0) is 6.54 Å². The van der Waals surface area contributed by atoms with Gasteiger partial charge in [-0.05, 0) is 29.8 Å². The molecule has 0 aliphatic heterocycles. The van der Waals surface area contributed by atoms with Crippen LogP contribution in [0, 0.1) is 0 Å². The van der Waals surface area contributed by atoms with E-state index in [0.29, 0.717) is 12.2 Å². The number of carbonyl (C=O) groups is 1. The maximum Gasteiger partial charge on any atom is 0.319 e. The molecule has 0 fully saturated rings. The summed E-state index contributed by atoms with van der Waals surface area (Å²) in [5.74, 6) is 0. The zero-order valence-electron chi connectivity index (χ0n) is 14.8. The van der Waals surface area contributed by atoms with Gasteiger partial charge < -0.3 is 16.0 Å². The number of nitrogens with one attached hydrogen (secondary N) is 4. The Bertz CT molecular complexity index is 1030. The van der Waals surface area contributed by atoms with E-state index in [9.17, 15) is 4.79 Å². The highest BCUT2D eigenvalue weighted by atomic mass is 32.1. The number of aromatic amines is 1. The van der Waals surface area contributed by atoms with Gasteiger partial charge in [-0.15, -0.1) is 0 Å². The van der Waals surface area contributed by atoms with E-state index in [1.807, 2.05) is 48.7 Å². The lowest BCUT2D eigenvalue weighted by atomic mass is 10.2. The maximum absolute atomic E-state index is 11.9. The van der Waals surface area contributed by atoms with E-state index >= 15 is 0 Å². The van der Waals surface area contributed by atoms with Crippen LogP contribution in [0.3, 0.4) is 0 Å². The predicted octanol–water partition coefficient (Wildman–Crippen LogP) is 4.60.